The monoisotopic (exact) mass is 402 g/mol. The third-order valence-corrected chi connectivity index (χ3v) is 5.92. The van der Waals surface area contributed by atoms with E-state index in [1.54, 1.807) is 24.3 Å². The molecule has 4 rings (SSSR count). The molecule has 7 nitrogen and oxygen atoms in total. The molecule has 1 amide bonds. The van der Waals surface area contributed by atoms with Crippen LogP contribution in [0.25, 0.3) is 22.1 Å². The number of hydrogen-bond acceptors (Lipinski definition) is 6. The van der Waals surface area contributed by atoms with Gasteiger partial charge in [-0.25, -0.2) is 4.98 Å². The van der Waals surface area contributed by atoms with Gasteiger partial charge in [-0.2, -0.15) is 5.26 Å². The molecule has 0 fully saturated rings. The van der Waals surface area contributed by atoms with Crippen molar-refractivity contribution in [3.05, 3.63) is 54.1 Å². The molecule has 29 heavy (non-hydrogen) atoms. The van der Waals surface area contributed by atoms with Gasteiger partial charge in [0.15, 0.2) is 5.65 Å². The number of benzene rings is 2. The number of aryl methyl sites for hydroxylation is 1. The zero-order chi connectivity index (χ0) is 20.4. The van der Waals surface area contributed by atoms with E-state index in [9.17, 15) is 10.1 Å². The first-order valence-electron chi connectivity index (χ1n) is 9.17. The average Bonchev–Trinajstić information content (AvgIpc) is 3.04. The summed E-state index contributed by atoms with van der Waals surface area (Å²) in [5, 5.41) is 21.7. The van der Waals surface area contributed by atoms with Gasteiger partial charge in [0.05, 0.1) is 22.0 Å². The van der Waals surface area contributed by atoms with E-state index in [4.69, 9.17) is 0 Å². The molecule has 1 atom stereocenters. The summed E-state index contributed by atoms with van der Waals surface area (Å²) in [6, 6.07) is 17.0. The number of carbonyl (C=O) groups is 1. The molecule has 2 heterocycles. The minimum atomic E-state index is -0.407. The van der Waals surface area contributed by atoms with Crippen molar-refractivity contribution in [2.45, 2.75) is 23.8 Å². The lowest BCUT2D eigenvalue weighted by atomic mass is 10.2. The van der Waals surface area contributed by atoms with Gasteiger partial charge in [0.2, 0.25) is 11.1 Å². The van der Waals surface area contributed by atoms with Crippen LogP contribution < -0.4 is 5.32 Å². The lowest BCUT2D eigenvalue weighted by molar-refractivity contribution is -0.115. The largest absolute Gasteiger partial charge is 0.327 e. The van der Waals surface area contributed by atoms with Crippen molar-refractivity contribution >= 4 is 45.4 Å². The summed E-state index contributed by atoms with van der Waals surface area (Å²) in [6.45, 7) is 1.93. The molecule has 0 bridgehead atoms. The predicted octanol–water partition coefficient (Wildman–Crippen LogP) is 3.90. The zero-order valence-electron chi connectivity index (χ0n) is 16.0. The number of nitriles is 1. The van der Waals surface area contributed by atoms with Gasteiger partial charge < -0.3 is 9.88 Å². The van der Waals surface area contributed by atoms with E-state index in [0.29, 0.717) is 22.8 Å². The molecular weight excluding hydrogens is 384 g/mol. The topological polar surface area (TPSA) is 96.5 Å². The molecule has 0 unspecified atom stereocenters. The van der Waals surface area contributed by atoms with Crippen molar-refractivity contribution in [1.82, 2.24) is 19.7 Å². The third kappa shape index (κ3) is 3.52. The minimum Gasteiger partial charge on any atom is -0.327 e. The van der Waals surface area contributed by atoms with Crippen molar-refractivity contribution < 1.29 is 4.79 Å². The van der Waals surface area contributed by atoms with Crippen LogP contribution in [0.15, 0.2) is 53.7 Å². The summed E-state index contributed by atoms with van der Waals surface area (Å²) in [5.74, 6) is -0.194. The van der Waals surface area contributed by atoms with Crippen molar-refractivity contribution in [1.29, 1.82) is 5.26 Å². The van der Waals surface area contributed by atoms with E-state index in [2.05, 4.69) is 26.6 Å². The van der Waals surface area contributed by atoms with Gasteiger partial charge in [-0.3, -0.25) is 4.79 Å². The molecule has 1 N–H and O–H groups in total. The average molecular weight is 402 g/mol. The Morgan fingerprint density at radius 1 is 1.21 bits per heavy atom. The first kappa shape index (κ1) is 18.9. The summed E-state index contributed by atoms with van der Waals surface area (Å²) >= 11 is 1.27. The number of nitrogens with zero attached hydrogens (tertiary/aromatic N) is 5. The number of fused-ring (bicyclic) bond motifs is 3. The Balaban J connectivity index is 1.60. The van der Waals surface area contributed by atoms with Crippen molar-refractivity contribution in [3.63, 3.8) is 0 Å². The van der Waals surface area contributed by atoms with Crippen LogP contribution in [0.3, 0.4) is 0 Å². The van der Waals surface area contributed by atoms with E-state index in [-0.39, 0.29) is 5.91 Å². The fourth-order valence-electron chi connectivity index (χ4n) is 3.19. The van der Waals surface area contributed by atoms with Crippen LogP contribution in [0.4, 0.5) is 5.69 Å². The highest BCUT2D eigenvalue weighted by atomic mass is 32.2. The number of aromatic nitrogens is 4. The van der Waals surface area contributed by atoms with Crippen LogP contribution >= 0.6 is 11.8 Å². The fraction of sp³-hybridized carbons (Fsp3) is 0.190. The van der Waals surface area contributed by atoms with E-state index in [1.165, 1.54) is 11.8 Å². The maximum atomic E-state index is 12.8. The summed E-state index contributed by atoms with van der Waals surface area (Å²) in [6.07, 6.45) is 0.585. The zero-order valence-corrected chi connectivity index (χ0v) is 16.8. The molecule has 0 aliphatic rings. The number of para-hydroxylation sites is 2. The first-order valence-corrected chi connectivity index (χ1v) is 10.0. The quantitative estimate of drug-likeness (QED) is 0.509. The summed E-state index contributed by atoms with van der Waals surface area (Å²) in [7, 11) is 1.94. The maximum absolute atomic E-state index is 12.8. The Bertz CT molecular complexity index is 1260. The molecule has 2 aromatic heterocycles. The van der Waals surface area contributed by atoms with Gasteiger partial charge in [0.25, 0.3) is 0 Å². The number of nitrogens with one attached hydrogen (secondary N) is 1. The van der Waals surface area contributed by atoms with Crippen LogP contribution in [0.1, 0.15) is 18.9 Å². The third-order valence-electron chi connectivity index (χ3n) is 4.70. The fourth-order valence-corrected chi connectivity index (χ4v) is 4.01. The smallest absolute Gasteiger partial charge is 0.238 e. The van der Waals surface area contributed by atoms with Gasteiger partial charge in [-0.05, 0) is 24.6 Å². The maximum Gasteiger partial charge on any atom is 0.238 e. The van der Waals surface area contributed by atoms with Gasteiger partial charge in [-0.1, -0.05) is 49.0 Å². The van der Waals surface area contributed by atoms with E-state index in [1.807, 2.05) is 42.8 Å². The standard InChI is InChI=1S/C21H18N6OS/c1-3-17(20(28)23-15-10-6-4-8-13(15)12-22)29-21-24-19-18(25-26-21)14-9-5-7-11-16(14)27(19)2/h4-11,17H,3H2,1-2H3,(H,23,28)/t17-/m1/s1. The van der Waals surface area contributed by atoms with Gasteiger partial charge in [0, 0.05) is 12.4 Å². The lowest BCUT2D eigenvalue weighted by Gasteiger charge is -2.14. The van der Waals surface area contributed by atoms with E-state index >= 15 is 0 Å². The summed E-state index contributed by atoms with van der Waals surface area (Å²) in [5.41, 5.74) is 3.43. The first-order chi connectivity index (χ1) is 14.1. The number of thioether (sulfide) groups is 1. The summed E-state index contributed by atoms with van der Waals surface area (Å²) < 4.78 is 1.98. The molecule has 0 aliphatic carbocycles. The summed E-state index contributed by atoms with van der Waals surface area (Å²) in [4.78, 5) is 17.4. The molecule has 0 radical (unpaired) electrons. The lowest BCUT2D eigenvalue weighted by Crippen LogP contribution is -2.25. The molecule has 4 aromatic rings. The molecule has 8 heteroatoms. The Morgan fingerprint density at radius 2 is 1.97 bits per heavy atom. The van der Waals surface area contributed by atoms with Crippen LogP contribution in [-0.4, -0.2) is 30.9 Å². The normalized spacial score (nSPS) is 12.0. The van der Waals surface area contributed by atoms with E-state index < -0.39 is 5.25 Å². The highest BCUT2D eigenvalue weighted by molar-refractivity contribution is 8.00. The molecule has 2 aromatic carbocycles. The van der Waals surface area contributed by atoms with Crippen molar-refractivity contribution in [2.24, 2.45) is 7.05 Å². The highest BCUT2D eigenvalue weighted by Gasteiger charge is 2.22. The molecule has 144 valence electrons. The molecular formula is C21H18N6OS. The number of anilines is 1. The molecule has 0 saturated carbocycles. The molecule has 0 saturated heterocycles. The van der Waals surface area contributed by atoms with Gasteiger partial charge in [0.1, 0.15) is 11.6 Å². The Morgan fingerprint density at radius 3 is 2.76 bits per heavy atom. The molecule has 0 aliphatic heterocycles. The Labute approximate surface area is 171 Å². The number of amides is 1. The Hall–Kier alpha value is -3.44. The second-order valence-corrected chi connectivity index (χ2v) is 7.67. The predicted molar refractivity (Wildman–Crippen MR) is 114 cm³/mol. The van der Waals surface area contributed by atoms with E-state index in [0.717, 1.165) is 22.1 Å². The van der Waals surface area contributed by atoms with Crippen LogP contribution in [0.2, 0.25) is 0 Å². The highest BCUT2D eigenvalue weighted by Crippen LogP contribution is 2.28. The second kappa shape index (κ2) is 7.89. The number of rotatable bonds is 5. The van der Waals surface area contributed by atoms with Crippen LogP contribution in [0, 0.1) is 11.3 Å². The second-order valence-electron chi connectivity index (χ2n) is 6.50. The Kier molecular flexibility index (Phi) is 5.14. The van der Waals surface area contributed by atoms with Gasteiger partial charge >= 0.3 is 0 Å². The number of carbonyl (C=O) groups excluding carboxylic acids is 1. The molecule has 0 spiro atoms. The van der Waals surface area contributed by atoms with Crippen LogP contribution in [-0.2, 0) is 11.8 Å². The SMILES string of the molecule is CC[C@@H](Sc1nnc2c3ccccc3n(C)c2n1)C(=O)Nc1ccccc1C#N. The number of hydrogen-bond donors (Lipinski definition) is 1. The van der Waals surface area contributed by atoms with Crippen molar-refractivity contribution in [3.8, 4) is 6.07 Å². The minimum absolute atomic E-state index is 0.194. The van der Waals surface area contributed by atoms with Gasteiger partial charge in [-0.15, -0.1) is 10.2 Å². The van der Waals surface area contributed by atoms with Crippen molar-refractivity contribution in [2.75, 3.05) is 5.32 Å². The van der Waals surface area contributed by atoms with Crippen LogP contribution in [0.5, 0.6) is 0 Å².